The van der Waals surface area contributed by atoms with Gasteiger partial charge in [0.1, 0.15) is 5.82 Å². The second kappa shape index (κ2) is 6.87. The van der Waals surface area contributed by atoms with Crippen molar-refractivity contribution in [2.75, 3.05) is 5.32 Å². The highest BCUT2D eigenvalue weighted by Gasteiger charge is 2.06. The van der Waals surface area contributed by atoms with Crippen molar-refractivity contribution in [3.05, 3.63) is 90.1 Å². The van der Waals surface area contributed by atoms with Gasteiger partial charge in [-0.1, -0.05) is 60.7 Å². The topological polar surface area (TPSA) is 24.9 Å². The summed E-state index contributed by atoms with van der Waals surface area (Å²) in [7, 11) is 0. The minimum atomic E-state index is -0.265. The molecule has 4 heteroatoms. The molecular formula is C21H15FN2S. The van der Waals surface area contributed by atoms with Gasteiger partial charge in [0, 0.05) is 16.6 Å². The van der Waals surface area contributed by atoms with Crippen molar-refractivity contribution in [3.8, 4) is 22.4 Å². The number of hydrogen-bond donors (Lipinski definition) is 1. The highest BCUT2D eigenvalue weighted by molar-refractivity contribution is 7.14. The maximum atomic E-state index is 13.3. The fourth-order valence-corrected chi connectivity index (χ4v) is 3.36. The Bertz CT molecular complexity index is 978. The van der Waals surface area contributed by atoms with Crippen LogP contribution in [0.4, 0.5) is 15.2 Å². The van der Waals surface area contributed by atoms with Crippen LogP contribution in [0.15, 0.2) is 84.2 Å². The summed E-state index contributed by atoms with van der Waals surface area (Å²) >= 11 is 1.50. The van der Waals surface area contributed by atoms with Crippen molar-refractivity contribution >= 4 is 22.2 Å². The molecule has 2 nitrogen and oxygen atoms in total. The zero-order valence-electron chi connectivity index (χ0n) is 13.3. The molecule has 4 aromatic rings. The Morgan fingerprint density at radius 2 is 1.48 bits per heavy atom. The Balaban J connectivity index is 1.54. The van der Waals surface area contributed by atoms with Gasteiger partial charge in [-0.3, -0.25) is 0 Å². The number of rotatable bonds is 4. The standard InChI is InChI=1S/C21H15FN2S/c22-18-7-4-8-19(13-18)23-21-24-20(14-25-21)17-11-9-16(10-12-17)15-5-2-1-3-6-15/h1-14H,(H,23,24). The molecule has 0 radical (unpaired) electrons. The number of halogens is 1. The van der Waals surface area contributed by atoms with Gasteiger partial charge < -0.3 is 5.32 Å². The number of thiazole rings is 1. The van der Waals surface area contributed by atoms with Gasteiger partial charge in [-0.05, 0) is 29.3 Å². The second-order valence-corrected chi connectivity index (χ2v) is 6.47. The molecule has 0 fully saturated rings. The first-order valence-electron chi connectivity index (χ1n) is 7.92. The second-order valence-electron chi connectivity index (χ2n) is 5.62. The molecule has 1 aromatic heterocycles. The first kappa shape index (κ1) is 15.5. The van der Waals surface area contributed by atoms with Gasteiger partial charge in [0.15, 0.2) is 5.13 Å². The van der Waals surface area contributed by atoms with Crippen molar-refractivity contribution in [2.24, 2.45) is 0 Å². The van der Waals surface area contributed by atoms with E-state index >= 15 is 0 Å². The van der Waals surface area contributed by atoms with Crippen LogP contribution in [0.25, 0.3) is 22.4 Å². The van der Waals surface area contributed by atoms with Crippen molar-refractivity contribution in [3.63, 3.8) is 0 Å². The number of hydrogen-bond acceptors (Lipinski definition) is 3. The highest BCUT2D eigenvalue weighted by atomic mass is 32.1. The molecule has 0 saturated carbocycles. The predicted molar refractivity (Wildman–Crippen MR) is 103 cm³/mol. The fourth-order valence-electron chi connectivity index (χ4n) is 2.62. The third-order valence-corrected chi connectivity index (χ3v) is 4.63. The molecule has 122 valence electrons. The van der Waals surface area contributed by atoms with Crippen molar-refractivity contribution in [1.29, 1.82) is 0 Å². The van der Waals surface area contributed by atoms with Crippen LogP contribution in [0.1, 0.15) is 0 Å². The smallest absolute Gasteiger partial charge is 0.187 e. The van der Waals surface area contributed by atoms with Crippen molar-refractivity contribution in [2.45, 2.75) is 0 Å². The van der Waals surface area contributed by atoms with Crippen molar-refractivity contribution < 1.29 is 4.39 Å². The Labute approximate surface area is 149 Å². The van der Waals surface area contributed by atoms with E-state index in [-0.39, 0.29) is 5.82 Å². The molecule has 4 rings (SSSR count). The largest absolute Gasteiger partial charge is 0.331 e. The van der Waals surface area contributed by atoms with Crippen LogP contribution in [0, 0.1) is 5.82 Å². The summed E-state index contributed by atoms with van der Waals surface area (Å²) < 4.78 is 13.3. The Hall–Kier alpha value is -2.98. The number of aromatic nitrogens is 1. The molecule has 0 amide bonds. The van der Waals surface area contributed by atoms with Crippen molar-refractivity contribution in [1.82, 2.24) is 4.98 Å². The SMILES string of the molecule is Fc1cccc(Nc2nc(-c3ccc(-c4ccccc4)cc3)cs2)c1. The van der Waals surface area contributed by atoms with E-state index in [2.05, 4.69) is 46.7 Å². The molecule has 0 spiro atoms. The van der Waals surface area contributed by atoms with Crippen LogP contribution < -0.4 is 5.32 Å². The zero-order valence-corrected chi connectivity index (χ0v) is 14.1. The molecule has 0 saturated heterocycles. The van der Waals surface area contributed by atoms with E-state index in [4.69, 9.17) is 0 Å². The molecule has 0 aliphatic carbocycles. The summed E-state index contributed by atoms with van der Waals surface area (Å²) in [6, 6.07) is 25.0. The summed E-state index contributed by atoms with van der Waals surface area (Å²) in [5, 5.41) is 5.88. The molecule has 0 aliphatic rings. The van der Waals surface area contributed by atoms with Crippen LogP contribution in [0.2, 0.25) is 0 Å². The molecular weight excluding hydrogens is 331 g/mol. The van der Waals surface area contributed by atoms with Gasteiger partial charge in [-0.15, -0.1) is 11.3 Å². The lowest BCUT2D eigenvalue weighted by Crippen LogP contribution is -1.90. The van der Waals surface area contributed by atoms with Crippen LogP contribution in [-0.4, -0.2) is 4.98 Å². The van der Waals surface area contributed by atoms with E-state index in [0.717, 1.165) is 16.4 Å². The Kier molecular flexibility index (Phi) is 4.27. The number of anilines is 2. The number of nitrogens with zero attached hydrogens (tertiary/aromatic N) is 1. The lowest BCUT2D eigenvalue weighted by atomic mass is 10.0. The third-order valence-electron chi connectivity index (χ3n) is 3.87. The van der Waals surface area contributed by atoms with Crippen LogP contribution in [0.3, 0.4) is 0 Å². The third kappa shape index (κ3) is 3.59. The average molecular weight is 346 g/mol. The van der Waals surface area contributed by atoms with Gasteiger partial charge in [-0.25, -0.2) is 9.37 Å². The van der Waals surface area contributed by atoms with Gasteiger partial charge in [0.25, 0.3) is 0 Å². The van der Waals surface area contributed by atoms with E-state index < -0.39 is 0 Å². The van der Waals surface area contributed by atoms with E-state index in [1.807, 2.05) is 29.6 Å². The molecule has 1 N–H and O–H groups in total. The Morgan fingerprint density at radius 1 is 0.760 bits per heavy atom. The van der Waals surface area contributed by atoms with Gasteiger partial charge in [0.05, 0.1) is 5.69 Å². The summed E-state index contributed by atoms with van der Waals surface area (Å²) in [5.41, 5.74) is 5.03. The minimum Gasteiger partial charge on any atom is -0.331 e. The quantitative estimate of drug-likeness (QED) is 0.465. The van der Waals surface area contributed by atoms with Gasteiger partial charge in [0.2, 0.25) is 0 Å². The summed E-state index contributed by atoms with van der Waals surface area (Å²) in [4.78, 5) is 4.59. The van der Waals surface area contributed by atoms with E-state index in [1.165, 1.54) is 34.6 Å². The van der Waals surface area contributed by atoms with E-state index in [9.17, 15) is 4.39 Å². The van der Waals surface area contributed by atoms with Crippen LogP contribution in [-0.2, 0) is 0 Å². The maximum Gasteiger partial charge on any atom is 0.187 e. The average Bonchev–Trinajstić information content (AvgIpc) is 3.11. The fraction of sp³-hybridized carbons (Fsp3) is 0. The number of nitrogens with one attached hydrogen (secondary N) is 1. The first-order chi connectivity index (χ1) is 12.3. The molecule has 0 aliphatic heterocycles. The van der Waals surface area contributed by atoms with Gasteiger partial charge >= 0.3 is 0 Å². The Morgan fingerprint density at radius 3 is 2.24 bits per heavy atom. The maximum absolute atomic E-state index is 13.3. The summed E-state index contributed by atoms with van der Waals surface area (Å²) in [6.07, 6.45) is 0. The molecule has 0 unspecified atom stereocenters. The van der Waals surface area contributed by atoms with E-state index in [0.29, 0.717) is 5.69 Å². The van der Waals surface area contributed by atoms with Gasteiger partial charge in [-0.2, -0.15) is 0 Å². The van der Waals surface area contributed by atoms with E-state index in [1.54, 1.807) is 6.07 Å². The molecule has 25 heavy (non-hydrogen) atoms. The summed E-state index contributed by atoms with van der Waals surface area (Å²) in [6.45, 7) is 0. The normalized spacial score (nSPS) is 10.6. The molecule has 0 atom stereocenters. The highest BCUT2D eigenvalue weighted by Crippen LogP contribution is 2.29. The summed E-state index contributed by atoms with van der Waals surface area (Å²) in [5.74, 6) is -0.265. The molecule has 3 aromatic carbocycles. The molecule has 0 bridgehead atoms. The van der Waals surface area contributed by atoms with Crippen LogP contribution >= 0.6 is 11.3 Å². The predicted octanol–water partition coefficient (Wildman–Crippen LogP) is 6.36. The van der Waals surface area contributed by atoms with Crippen LogP contribution in [0.5, 0.6) is 0 Å². The lowest BCUT2D eigenvalue weighted by Gasteiger charge is -2.03. The molecule has 1 heterocycles. The zero-order chi connectivity index (χ0) is 17.1. The first-order valence-corrected chi connectivity index (χ1v) is 8.80. The minimum absolute atomic E-state index is 0.265. The number of benzene rings is 3. The monoisotopic (exact) mass is 346 g/mol. The lowest BCUT2D eigenvalue weighted by molar-refractivity contribution is 0.628.